The second-order valence-corrected chi connectivity index (χ2v) is 8.33. The van der Waals surface area contributed by atoms with Gasteiger partial charge in [-0.2, -0.15) is 0 Å². The fourth-order valence-electron chi connectivity index (χ4n) is 3.33. The van der Waals surface area contributed by atoms with Gasteiger partial charge in [-0.15, -0.1) is 0 Å². The topological polar surface area (TPSA) is 66.5 Å². The van der Waals surface area contributed by atoms with E-state index in [0.717, 1.165) is 5.69 Å². The van der Waals surface area contributed by atoms with Gasteiger partial charge in [0.2, 0.25) is 11.8 Å². The number of nitrogens with one attached hydrogen (secondary N) is 1. The summed E-state index contributed by atoms with van der Waals surface area (Å²) < 4.78 is 0. The van der Waals surface area contributed by atoms with Crippen LogP contribution in [0.4, 0.5) is 11.4 Å². The van der Waals surface area contributed by atoms with Crippen molar-refractivity contribution in [2.24, 2.45) is 5.92 Å². The molecule has 1 atom stereocenters. The average molecular weight is 378 g/mol. The number of ketones is 1. The summed E-state index contributed by atoms with van der Waals surface area (Å²) in [5.74, 6) is -0.739. The summed E-state index contributed by atoms with van der Waals surface area (Å²) >= 11 is 0. The summed E-state index contributed by atoms with van der Waals surface area (Å²) in [5.41, 5.74) is 3.16. The Balaban J connectivity index is 1.69. The summed E-state index contributed by atoms with van der Waals surface area (Å²) in [7, 11) is 0. The molecule has 146 valence electrons. The first kappa shape index (κ1) is 19.8. The summed E-state index contributed by atoms with van der Waals surface area (Å²) in [5, 5.41) is 2.83. The highest BCUT2D eigenvalue weighted by Gasteiger charge is 2.35. The van der Waals surface area contributed by atoms with Crippen molar-refractivity contribution in [2.45, 2.75) is 39.5 Å². The third-order valence-electron chi connectivity index (χ3n) is 5.08. The Morgan fingerprint density at radius 3 is 2.36 bits per heavy atom. The van der Waals surface area contributed by atoms with Crippen molar-refractivity contribution in [2.75, 3.05) is 16.8 Å². The van der Waals surface area contributed by atoms with Crippen molar-refractivity contribution in [1.82, 2.24) is 0 Å². The van der Waals surface area contributed by atoms with Gasteiger partial charge < -0.3 is 10.2 Å². The summed E-state index contributed by atoms with van der Waals surface area (Å²) in [4.78, 5) is 38.3. The highest BCUT2D eigenvalue weighted by Crippen LogP contribution is 2.29. The molecule has 1 saturated heterocycles. The van der Waals surface area contributed by atoms with Crippen LogP contribution in [0.1, 0.15) is 50.0 Å². The van der Waals surface area contributed by atoms with Gasteiger partial charge in [0, 0.05) is 29.9 Å². The quantitative estimate of drug-likeness (QED) is 0.812. The zero-order valence-corrected chi connectivity index (χ0v) is 16.8. The Kier molecular flexibility index (Phi) is 5.36. The minimum absolute atomic E-state index is 0.0460. The van der Waals surface area contributed by atoms with Crippen LogP contribution in [0.25, 0.3) is 0 Å². The molecule has 0 saturated carbocycles. The molecule has 1 aliphatic rings. The van der Waals surface area contributed by atoms with Crippen LogP contribution in [-0.4, -0.2) is 24.1 Å². The van der Waals surface area contributed by atoms with Gasteiger partial charge in [-0.1, -0.05) is 45.0 Å². The lowest BCUT2D eigenvalue weighted by Gasteiger charge is -2.21. The van der Waals surface area contributed by atoms with E-state index in [4.69, 9.17) is 0 Å². The Hall–Kier alpha value is -2.95. The molecule has 2 amide bonds. The molecule has 3 rings (SSSR count). The number of carbonyl (C=O) groups excluding carboxylic acids is 3. The van der Waals surface area contributed by atoms with Gasteiger partial charge in [0.25, 0.3) is 0 Å². The molecule has 5 heteroatoms. The Labute approximate surface area is 165 Å². The normalized spacial score (nSPS) is 16.9. The van der Waals surface area contributed by atoms with Crippen LogP contribution in [0, 0.1) is 5.92 Å². The molecule has 1 unspecified atom stereocenters. The first-order valence-corrected chi connectivity index (χ1v) is 9.48. The maximum atomic E-state index is 12.6. The van der Waals surface area contributed by atoms with Gasteiger partial charge in [0.15, 0.2) is 5.78 Å². The standard InChI is InChI=1S/C23H26N2O3/c1-15(26)16-6-5-7-19(12-16)24-22(28)17-13-21(27)25(14-17)20-10-8-18(9-11-20)23(2,3)4/h5-12,17H,13-14H2,1-4H3,(H,24,28). The molecule has 1 fully saturated rings. The highest BCUT2D eigenvalue weighted by molar-refractivity contribution is 6.04. The third-order valence-corrected chi connectivity index (χ3v) is 5.08. The van der Waals surface area contributed by atoms with Crippen LogP contribution in [-0.2, 0) is 15.0 Å². The fraction of sp³-hybridized carbons (Fsp3) is 0.348. The number of benzene rings is 2. The zero-order chi connectivity index (χ0) is 20.5. The lowest BCUT2D eigenvalue weighted by atomic mass is 9.87. The van der Waals surface area contributed by atoms with Gasteiger partial charge in [-0.05, 0) is 42.2 Å². The Morgan fingerprint density at radius 2 is 1.75 bits per heavy atom. The number of Topliss-reactive ketones (excluding diaryl/α,β-unsaturated/α-hetero) is 1. The molecular weight excluding hydrogens is 352 g/mol. The van der Waals surface area contributed by atoms with E-state index >= 15 is 0 Å². The second kappa shape index (κ2) is 7.58. The molecule has 28 heavy (non-hydrogen) atoms. The van der Waals surface area contributed by atoms with Crippen molar-refractivity contribution in [3.8, 4) is 0 Å². The first-order valence-electron chi connectivity index (χ1n) is 9.48. The van der Waals surface area contributed by atoms with Crippen LogP contribution in [0.2, 0.25) is 0 Å². The van der Waals surface area contributed by atoms with Gasteiger partial charge in [-0.3, -0.25) is 14.4 Å². The van der Waals surface area contributed by atoms with Crippen molar-refractivity contribution in [1.29, 1.82) is 0 Å². The number of nitrogens with zero attached hydrogens (tertiary/aromatic N) is 1. The van der Waals surface area contributed by atoms with Gasteiger partial charge in [0.05, 0.1) is 5.92 Å². The maximum Gasteiger partial charge on any atom is 0.229 e. The SMILES string of the molecule is CC(=O)c1cccc(NC(=O)C2CC(=O)N(c3ccc(C(C)(C)C)cc3)C2)c1. The fourth-order valence-corrected chi connectivity index (χ4v) is 3.33. The van der Waals surface area contributed by atoms with E-state index in [9.17, 15) is 14.4 Å². The summed E-state index contributed by atoms with van der Waals surface area (Å²) in [6, 6.07) is 14.8. The number of rotatable bonds is 4. The van der Waals surface area contributed by atoms with E-state index in [1.807, 2.05) is 24.3 Å². The van der Waals surface area contributed by atoms with Crippen LogP contribution >= 0.6 is 0 Å². The number of hydrogen-bond donors (Lipinski definition) is 1. The van der Waals surface area contributed by atoms with E-state index in [1.54, 1.807) is 29.2 Å². The van der Waals surface area contributed by atoms with Crippen LogP contribution in [0.15, 0.2) is 48.5 Å². The highest BCUT2D eigenvalue weighted by atomic mass is 16.2. The molecule has 0 bridgehead atoms. The maximum absolute atomic E-state index is 12.6. The average Bonchev–Trinajstić information content (AvgIpc) is 3.03. The molecule has 0 radical (unpaired) electrons. The lowest BCUT2D eigenvalue weighted by molar-refractivity contribution is -0.122. The van der Waals surface area contributed by atoms with E-state index in [2.05, 4.69) is 26.1 Å². The van der Waals surface area contributed by atoms with Crippen molar-refractivity contribution < 1.29 is 14.4 Å². The zero-order valence-electron chi connectivity index (χ0n) is 16.8. The Morgan fingerprint density at radius 1 is 1.07 bits per heavy atom. The van der Waals surface area contributed by atoms with Gasteiger partial charge in [0.1, 0.15) is 0 Å². The number of anilines is 2. The first-order chi connectivity index (χ1) is 13.1. The van der Waals surface area contributed by atoms with E-state index in [-0.39, 0.29) is 29.4 Å². The van der Waals surface area contributed by atoms with Crippen LogP contribution in [0.5, 0.6) is 0 Å². The summed E-state index contributed by atoms with van der Waals surface area (Å²) in [6.45, 7) is 8.27. The Bertz CT molecular complexity index is 910. The van der Waals surface area contributed by atoms with Crippen LogP contribution < -0.4 is 10.2 Å². The van der Waals surface area contributed by atoms with Crippen molar-refractivity contribution in [3.63, 3.8) is 0 Å². The van der Waals surface area contributed by atoms with E-state index in [0.29, 0.717) is 17.8 Å². The second-order valence-electron chi connectivity index (χ2n) is 8.33. The van der Waals surface area contributed by atoms with Crippen molar-refractivity contribution in [3.05, 3.63) is 59.7 Å². The molecular formula is C23H26N2O3. The van der Waals surface area contributed by atoms with Crippen molar-refractivity contribution >= 4 is 29.0 Å². The molecule has 2 aromatic carbocycles. The molecule has 1 N–H and O–H groups in total. The summed E-state index contributed by atoms with van der Waals surface area (Å²) in [6.07, 6.45) is 0.180. The van der Waals surface area contributed by atoms with E-state index in [1.165, 1.54) is 12.5 Å². The molecule has 1 aliphatic heterocycles. The number of amides is 2. The molecule has 2 aromatic rings. The molecule has 0 spiro atoms. The molecule has 0 aliphatic carbocycles. The molecule has 0 aromatic heterocycles. The van der Waals surface area contributed by atoms with Crippen LogP contribution in [0.3, 0.4) is 0 Å². The largest absolute Gasteiger partial charge is 0.326 e. The predicted octanol–water partition coefficient (Wildman–Crippen LogP) is 4.18. The lowest BCUT2D eigenvalue weighted by Crippen LogP contribution is -2.28. The van der Waals surface area contributed by atoms with Gasteiger partial charge in [-0.25, -0.2) is 0 Å². The smallest absolute Gasteiger partial charge is 0.229 e. The number of hydrogen-bond acceptors (Lipinski definition) is 3. The molecule has 1 heterocycles. The third kappa shape index (κ3) is 4.30. The minimum atomic E-state index is -0.421. The molecule has 5 nitrogen and oxygen atoms in total. The monoisotopic (exact) mass is 378 g/mol. The predicted molar refractivity (Wildman–Crippen MR) is 111 cm³/mol. The van der Waals surface area contributed by atoms with Gasteiger partial charge >= 0.3 is 0 Å². The number of carbonyl (C=O) groups is 3. The minimum Gasteiger partial charge on any atom is -0.326 e. The van der Waals surface area contributed by atoms with E-state index < -0.39 is 5.92 Å².